The van der Waals surface area contributed by atoms with E-state index in [1.165, 1.54) is 13.8 Å². The van der Waals surface area contributed by atoms with Crippen LogP contribution in [0.25, 0.3) is 0 Å². The highest BCUT2D eigenvalue weighted by molar-refractivity contribution is 6.02. The first-order chi connectivity index (χ1) is 14.9. The lowest BCUT2D eigenvalue weighted by Crippen LogP contribution is -2.62. The van der Waals surface area contributed by atoms with Gasteiger partial charge in [0.2, 0.25) is 5.78 Å². The van der Waals surface area contributed by atoms with E-state index < -0.39 is 40.8 Å². The van der Waals surface area contributed by atoms with Crippen LogP contribution in [0.3, 0.4) is 0 Å². The van der Waals surface area contributed by atoms with E-state index in [0.717, 1.165) is 18.4 Å². The predicted molar refractivity (Wildman–Crippen MR) is 113 cm³/mol. The molecule has 0 bridgehead atoms. The molecule has 0 aliphatic heterocycles. The number of ether oxygens (including phenoxy) is 2. The van der Waals surface area contributed by atoms with Crippen LogP contribution in [0.5, 0.6) is 0 Å². The van der Waals surface area contributed by atoms with Crippen LogP contribution in [0.1, 0.15) is 59.8 Å². The third-order valence-corrected chi connectivity index (χ3v) is 8.55. The molecule has 0 aromatic rings. The van der Waals surface area contributed by atoms with Crippen molar-refractivity contribution in [2.24, 2.45) is 28.6 Å². The summed E-state index contributed by atoms with van der Waals surface area (Å²) < 4.78 is 10.7. The minimum Gasteiger partial charge on any atom is -0.458 e. The molecule has 0 heterocycles. The maximum atomic E-state index is 13.7. The Morgan fingerprint density at radius 3 is 2.47 bits per heavy atom. The van der Waals surface area contributed by atoms with Crippen LogP contribution in [-0.2, 0) is 33.4 Å². The lowest BCUT2D eigenvalue weighted by atomic mass is 9.46. The van der Waals surface area contributed by atoms with Crippen LogP contribution in [0, 0.1) is 28.6 Å². The number of ketones is 3. The molecule has 6 atom stereocenters. The lowest BCUT2D eigenvalue weighted by Gasteiger charge is -2.57. The highest BCUT2D eigenvalue weighted by atomic mass is 16.6. The molecule has 5 unspecified atom stereocenters. The Hall–Kier alpha value is -2.57. The summed E-state index contributed by atoms with van der Waals surface area (Å²) in [4.78, 5) is 62.4. The SMILES string of the molecule is CC(=O)OCC(=O)[C@@]1(OC(C)=O)CCC2C3CCC4=CC(=O)C=CC4(C)C3C(=O)CC21C. The van der Waals surface area contributed by atoms with Crippen LogP contribution in [0.15, 0.2) is 23.8 Å². The summed E-state index contributed by atoms with van der Waals surface area (Å²) in [5.41, 5.74) is -1.88. The second kappa shape index (κ2) is 7.49. The van der Waals surface area contributed by atoms with E-state index in [0.29, 0.717) is 12.8 Å². The molecule has 4 rings (SSSR count). The standard InChI is InChI=1S/C25H30O7/c1-14(26)31-13-21(30)25(32-15(2)27)10-8-19-18-6-5-16-11-17(28)7-9-23(16,3)22(18)20(29)12-24(19,25)4/h7,9,11,18-19,22H,5-6,8,10,12-13H2,1-4H3/t18?,19?,22?,23?,24?,25-/m0/s1. The van der Waals surface area contributed by atoms with Crippen LogP contribution in [-0.4, -0.2) is 41.5 Å². The number of hydrogen-bond donors (Lipinski definition) is 0. The van der Waals surface area contributed by atoms with E-state index >= 15 is 0 Å². The normalized spacial score (nSPS) is 40.0. The zero-order valence-corrected chi connectivity index (χ0v) is 19.1. The number of allylic oxidation sites excluding steroid dienone is 4. The summed E-state index contributed by atoms with van der Waals surface area (Å²) in [6.45, 7) is 5.90. The summed E-state index contributed by atoms with van der Waals surface area (Å²) in [6, 6.07) is 0. The molecule has 3 fully saturated rings. The van der Waals surface area contributed by atoms with Gasteiger partial charge in [-0.1, -0.05) is 25.5 Å². The molecule has 32 heavy (non-hydrogen) atoms. The van der Waals surface area contributed by atoms with Gasteiger partial charge in [0.05, 0.1) is 0 Å². The van der Waals surface area contributed by atoms with Gasteiger partial charge in [-0.25, -0.2) is 0 Å². The molecule has 0 spiro atoms. The highest BCUT2D eigenvalue weighted by Gasteiger charge is 2.70. The summed E-state index contributed by atoms with van der Waals surface area (Å²) in [6.07, 6.45) is 7.60. The van der Waals surface area contributed by atoms with Crippen molar-refractivity contribution in [3.8, 4) is 0 Å². The molecule has 172 valence electrons. The quantitative estimate of drug-likeness (QED) is 0.617. The van der Waals surface area contributed by atoms with E-state index in [2.05, 4.69) is 0 Å². The van der Waals surface area contributed by atoms with E-state index in [1.807, 2.05) is 19.9 Å². The van der Waals surface area contributed by atoms with Crippen LogP contribution < -0.4 is 0 Å². The van der Waals surface area contributed by atoms with Gasteiger partial charge in [-0.2, -0.15) is 0 Å². The maximum absolute atomic E-state index is 13.7. The van der Waals surface area contributed by atoms with Gasteiger partial charge in [-0.05, 0) is 49.7 Å². The Labute approximate surface area is 187 Å². The zero-order valence-electron chi connectivity index (χ0n) is 19.1. The fourth-order valence-corrected chi connectivity index (χ4v) is 7.23. The Bertz CT molecular complexity index is 975. The van der Waals surface area contributed by atoms with Gasteiger partial charge < -0.3 is 9.47 Å². The van der Waals surface area contributed by atoms with E-state index in [9.17, 15) is 24.0 Å². The molecule has 3 saturated carbocycles. The van der Waals surface area contributed by atoms with Gasteiger partial charge in [-0.15, -0.1) is 0 Å². The van der Waals surface area contributed by atoms with Crippen molar-refractivity contribution in [1.29, 1.82) is 0 Å². The summed E-state index contributed by atoms with van der Waals surface area (Å²) in [5, 5.41) is 0. The first kappa shape index (κ1) is 22.6. The molecule has 7 nitrogen and oxygen atoms in total. The first-order valence-corrected chi connectivity index (χ1v) is 11.3. The number of esters is 2. The van der Waals surface area contributed by atoms with Gasteiger partial charge >= 0.3 is 11.9 Å². The predicted octanol–water partition coefficient (Wildman–Crippen LogP) is 2.91. The van der Waals surface area contributed by atoms with Gasteiger partial charge in [0.15, 0.2) is 18.0 Å². The number of hydrogen-bond acceptors (Lipinski definition) is 7. The number of Topliss-reactive ketones (excluding diaryl/α,β-unsaturated/α-hetero) is 2. The molecule has 0 aromatic carbocycles. The van der Waals surface area contributed by atoms with Gasteiger partial charge in [0, 0.05) is 37.0 Å². The molecule has 4 aliphatic carbocycles. The van der Waals surface area contributed by atoms with Crippen molar-refractivity contribution in [2.75, 3.05) is 6.61 Å². The number of fused-ring (bicyclic) bond motifs is 5. The van der Waals surface area contributed by atoms with Crippen molar-refractivity contribution in [2.45, 2.75) is 65.4 Å². The molecule has 7 heteroatoms. The van der Waals surface area contributed by atoms with E-state index in [1.54, 1.807) is 12.2 Å². The third-order valence-electron chi connectivity index (χ3n) is 8.55. The van der Waals surface area contributed by atoms with Crippen LogP contribution in [0.2, 0.25) is 0 Å². The number of carbonyl (C=O) groups is 5. The monoisotopic (exact) mass is 442 g/mol. The smallest absolute Gasteiger partial charge is 0.303 e. The Balaban J connectivity index is 1.74. The van der Waals surface area contributed by atoms with Crippen LogP contribution in [0.4, 0.5) is 0 Å². The van der Waals surface area contributed by atoms with Crippen molar-refractivity contribution in [3.05, 3.63) is 23.8 Å². The molecule has 0 radical (unpaired) electrons. The molecule has 0 amide bonds. The molecular formula is C25H30O7. The van der Waals surface area contributed by atoms with Crippen molar-refractivity contribution < 1.29 is 33.4 Å². The van der Waals surface area contributed by atoms with Crippen molar-refractivity contribution >= 4 is 29.3 Å². The minimum atomic E-state index is -1.49. The van der Waals surface area contributed by atoms with Gasteiger partial charge in [0.25, 0.3) is 0 Å². The fraction of sp³-hybridized carbons (Fsp3) is 0.640. The minimum absolute atomic E-state index is 0.00442. The largest absolute Gasteiger partial charge is 0.458 e. The van der Waals surface area contributed by atoms with Gasteiger partial charge in [0.1, 0.15) is 5.78 Å². The van der Waals surface area contributed by atoms with Crippen molar-refractivity contribution in [3.63, 3.8) is 0 Å². The highest BCUT2D eigenvalue weighted by Crippen LogP contribution is 2.66. The molecule has 4 aliphatic rings. The summed E-state index contributed by atoms with van der Waals surface area (Å²) >= 11 is 0. The Kier molecular flexibility index (Phi) is 5.30. The average Bonchev–Trinajstić information content (AvgIpc) is 2.98. The first-order valence-electron chi connectivity index (χ1n) is 11.3. The zero-order chi connectivity index (χ0) is 23.5. The van der Waals surface area contributed by atoms with Crippen LogP contribution >= 0.6 is 0 Å². The maximum Gasteiger partial charge on any atom is 0.303 e. The Morgan fingerprint density at radius 2 is 1.81 bits per heavy atom. The van der Waals surface area contributed by atoms with Crippen molar-refractivity contribution in [1.82, 2.24) is 0 Å². The third kappa shape index (κ3) is 3.11. The lowest BCUT2D eigenvalue weighted by molar-refractivity contribution is -0.191. The van der Waals surface area contributed by atoms with E-state index in [-0.39, 0.29) is 35.7 Å². The second-order valence-electron chi connectivity index (χ2n) is 10.2. The molecular weight excluding hydrogens is 412 g/mol. The topological polar surface area (TPSA) is 104 Å². The van der Waals surface area contributed by atoms with E-state index in [4.69, 9.17) is 9.47 Å². The second-order valence-corrected chi connectivity index (χ2v) is 10.2. The number of rotatable bonds is 4. The molecule has 0 N–H and O–H groups in total. The number of carbonyl (C=O) groups excluding carboxylic acids is 5. The average molecular weight is 443 g/mol. The summed E-state index contributed by atoms with van der Waals surface area (Å²) in [7, 11) is 0. The molecule has 0 aromatic heterocycles. The van der Waals surface area contributed by atoms with Gasteiger partial charge in [-0.3, -0.25) is 24.0 Å². The summed E-state index contributed by atoms with van der Waals surface area (Å²) in [5.74, 6) is -1.93. The Morgan fingerprint density at radius 1 is 1.09 bits per heavy atom. The fourth-order valence-electron chi connectivity index (χ4n) is 7.23. The molecule has 0 saturated heterocycles.